The van der Waals surface area contributed by atoms with E-state index in [0.717, 1.165) is 33.4 Å². The topological polar surface area (TPSA) is 46.9 Å². The van der Waals surface area contributed by atoms with Gasteiger partial charge in [0.1, 0.15) is 5.00 Å². The van der Waals surface area contributed by atoms with E-state index in [1.165, 1.54) is 21.8 Å². The van der Waals surface area contributed by atoms with Gasteiger partial charge in [-0.2, -0.15) is 11.8 Å². The molecular weight excluding hydrogens is 346 g/mol. The van der Waals surface area contributed by atoms with Crippen LogP contribution < -0.4 is 5.32 Å². The Hall–Kier alpha value is -1.57. The summed E-state index contributed by atoms with van der Waals surface area (Å²) in [6.45, 7) is 1.99. The zero-order chi connectivity index (χ0) is 15.8. The lowest BCUT2D eigenvalue weighted by Crippen LogP contribution is -2.16. The molecule has 0 spiro atoms. The third-order valence-corrected chi connectivity index (χ3v) is 6.95. The number of nitrogens with one attached hydrogen (secondary N) is 1. The summed E-state index contributed by atoms with van der Waals surface area (Å²) in [6, 6.07) is 3.97. The average Bonchev–Trinajstić information content (AvgIpc) is 3.25. The summed E-state index contributed by atoms with van der Waals surface area (Å²) in [5, 5.41) is 4.64. The number of thiophene rings is 1. The lowest BCUT2D eigenvalue weighted by atomic mass is 10.1. The van der Waals surface area contributed by atoms with Crippen LogP contribution in [0.4, 0.5) is 5.13 Å². The minimum Gasteiger partial charge on any atom is -0.315 e. The summed E-state index contributed by atoms with van der Waals surface area (Å²) in [4.78, 5) is 19.6. The molecule has 3 aromatic heterocycles. The molecule has 0 radical (unpaired) electrons. The highest BCUT2D eigenvalue weighted by molar-refractivity contribution is 7.98. The molecule has 0 fully saturated rings. The van der Waals surface area contributed by atoms with Crippen LogP contribution in [0, 0.1) is 6.92 Å². The number of anilines is 1. The molecule has 23 heavy (non-hydrogen) atoms. The maximum atomic E-state index is 12.9. The van der Waals surface area contributed by atoms with Gasteiger partial charge in [-0.15, -0.1) is 22.7 Å². The molecule has 0 aromatic carbocycles. The largest absolute Gasteiger partial charge is 0.315 e. The normalized spacial score (nSPS) is 13.8. The van der Waals surface area contributed by atoms with Gasteiger partial charge in [-0.1, -0.05) is 0 Å². The van der Waals surface area contributed by atoms with Crippen molar-refractivity contribution in [2.24, 2.45) is 0 Å². The molecule has 1 aliphatic heterocycles. The molecule has 118 valence electrons. The van der Waals surface area contributed by atoms with Gasteiger partial charge in [0.15, 0.2) is 5.13 Å². The summed E-state index contributed by atoms with van der Waals surface area (Å²) >= 11 is 5.17. The molecule has 4 heterocycles. The summed E-state index contributed by atoms with van der Waals surface area (Å²) in [6.07, 6.45) is 6.73. The lowest BCUT2D eigenvalue weighted by Gasteiger charge is -2.12. The Bertz CT molecular complexity index is 848. The first kappa shape index (κ1) is 15.0. The van der Waals surface area contributed by atoms with Crippen molar-refractivity contribution < 1.29 is 4.79 Å². The highest BCUT2D eigenvalue weighted by Gasteiger charge is 2.26. The first-order valence-electron chi connectivity index (χ1n) is 7.32. The van der Waals surface area contributed by atoms with Gasteiger partial charge < -0.3 is 4.57 Å². The van der Waals surface area contributed by atoms with Crippen molar-refractivity contribution in [3.8, 4) is 5.00 Å². The Morgan fingerprint density at radius 2 is 2.13 bits per heavy atom. The standard InChI is InChI=1S/C16H15N3OS3/c1-10-8-17-16(22-10)18-14(20)13-11-4-7-21-9-12(11)23-15(13)19-5-2-3-6-19/h2-3,5-6,8H,4,7,9H2,1H3,(H,17,18,20). The van der Waals surface area contributed by atoms with Gasteiger partial charge in [-0.3, -0.25) is 10.1 Å². The molecule has 0 atom stereocenters. The van der Waals surface area contributed by atoms with Crippen LogP contribution in [0.15, 0.2) is 30.7 Å². The zero-order valence-electron chi connectivity index (χ0n) is 12.5. The van der Waals surface area contributed by atoms with Crippen molar-refractivity contribution in [3.63, 3.8) is 0 Å². The van der Waals surface area contributed by atoms with E-state index in [1.807, 2.05) is 47.8 Å². The Balaban J connectivity index is 1.76. The number of rotatable bonds is 3. The third kappa shape index (κ3) is 2.84. The quantitative estimate of drug-likeness (QED) is 0.755. The van der Waals surface area contributed by atoms with Crippen LogP contribution in [0.25, 0.3) is 5.00 Å². The second-order valence-corrected chi connectivity index (χ2v) is 8.73. The minimum atomic E-state index is -0.0487. The summed E-state index contributed by atoms with van der Waals surface area (Å²) < 4.78 is 2.04. The fourth-order valence-corrected chi connectivity index (χ4v) is 5.78. The number of carbonyl (C=O) groups excluding carboxylic acids is 1. The molecule has 3 aromatic rings. The molecule has 0 bridgehead atoms. The fraction of sp³-hybridized carbons (Fsp3) is 0.250. The number of nitrogens with zero attached hydrogens (tertiary/aromatic N) is 2. The van der Waals surface area contributed by atoms with Crippen molar-refractivity contribution in [2.45, 2.75) is 19.1 Å². The van der Waals surface area contributed by atoms with Crippen LogP contribution in [0.2, 0.25) is 0 Å². The maximum absolute atomic E-state index is 12.9. The van der Waals surface area contributed by atoms with Crippen LogP contribution in [-0.4, -0.2) is 21.2 Å². The van der Waals surface area contributed by atoms with Crippen LogP contribution in [0.5, 0.6) is 0 Å². The van der Waals surface area contributed by atoms with Crippen LogP contribution in [0.1, 0.15) is 25.7 Å². The predicted molar refractivity (Wildman–Crippen MR) is 98.3 cm³/mol. The highest BCUT2D eigenvalue weighted by atomic mass is 32.2. The monoisotopic (exact) mass is 361 g/mol. The molecule has 7 heteroatoms. The molecule has 0 saturated heterocycles. The van der Waals surface area contributed by atoms with Gasteiger partial charge in [0.2, 0.25) is 0 Å². The average molecular weight is 362 g/mol. The van der Waals surface area contributed by atoms with E-state index < -0.39 is 0 Å². The van der Waals surface area contributed by atoms with Gasteiger partial charge in [-0.05, 0) is 36.8 Å². The van der Waals surface area contributed by atoms with Crippen LogP contribution in [0.3, 0.4) is 0 Å². The molecular formula is C16H15N3OS3. The molecule has 1 amide bonds. The van der Waals surface area contributed by atoms with Crippen molar-refractivity contribution in [3.05, 3.63) is 51.6 Å². The molecule has 4 rings (SSSR count). The molecule has 1 N–H and O–H groups in total. The van der Waals surface area contributed by atoms with Crippen molar-refractivity contribution in [1.82, 2.24) is 9.55 Å². The van der Waals surface area contributed by atoms with Crippen LogP contribution in [-0.2, 0) is 12.2 Å². The Labute approximate surface area is 146 Å². The van der Waals surface area contributed by atoms with E-state index in [9.17, 15) is 4.79 Å². The highest BCUT2D eigenvalue weighted by Crippen LogP contribution is 2.38. The first-order valence-corrected chi connectivity index (χ1v) is 10.1. The predicted octanol–water partition coefficient (Wildman–Crippen LogP) is 4.35. The Morgan fingerprint density at radius 1 is 1.30 bits per heavy atom. The number of hydrogen-bond acceptors (Lipinski definition) is 5. The number of carbonyl (C=O) groups is 1. The lowest BCUT2D eigenvalue weighted by molar-refractivity contribution is 0.102. The fourth-order valence-electron chi connectivity index (χ4n) is 2.68. The van der Waals surface area contributed by atoms with Gasteiger partial charge in [0.05, 0.1) is 5.56 Å². The van der Waals surface area contributed by atoms with E-state index in [4.69, 9.17) is 0 Å². The molecule has 1 aliphatic rings. The molecule has 4 nitrogen and oxygen atoms in total. The summed E-state index contributed by atoms with van der Waals surface area (Å²) in [5.74, 6) is 2.02. The van der Waals surface area contributed by atoms with E-state index >= 15 is 0 Å². The number of aromatic nitrogens is 2. The number of aryl methyl sites for hydroxylation is 1. The maximum Gasteiger partial charge on any atom is 0.260 e. The number of hydrogen-bond donors (Lipinski definition) is 1. The van der Waals surface area contributed by atoms with Crippen LogP contribution >= 0.6 is 34.4 Å². The van der Waals surface area contributed by atoms with Gasteiger partial charge in [0.25, 0.3) is 5.91 Å². The minimum absolute atomic E-state index is 0.0487. The van der Waals surface area contributed by atoms with E-state index in [-0.39, 0.29) is 5.91 Å². The second kappa shape index (κ2) is 6.14. The van der Waals surface area contributed by atoms with Gasteiger partial charge in [0, 0.05) is 34.1 Å². The summed E-state index contributed by atoms with van der Waals surface area (Å²) in [7, 11) is 0. The van der Waals surface area contributed by atoms with E-state index in [0.29, 0.717) is 5.13 Å². The van der Waals surface area contributed by atoms with Crippen molar-refractivity contribution >= 4 is 45.5 Å². The SMILES string of the molecule is Cc1cnc(NC(=O)c2c(-n3cccc3)sc3c2CCSC3)s1. The number of thiazole rings is 1. The van der Waals surface area contributed by atoms with Crippen molar-refractivity contribution in [2.75, 3.05) is 11.1 Å². The number of thioether (sulfide) groups is 1. The molecule has 0 saturated carbocycles. The third-order valence-electron chi connectivity index (χ3n) is 3.71. The molecule has 0 unspecified atom stereocenters. The smallest absolute Gasteiger partial charge is 0.260 e. The zero-order valence-corrected chi connectivity index (χ0v) is 15.0. The number of amides is 1. The van der Waals surface area contributed by atoms with Crippen molar-refractivity contribution in [1.29, 1.82) is 0 Å². The first-order chi connectivity index (χ1) is 11.2. The van der Waals surface area contributed by atoms with E-state index in [2.05, 4.69) is 10.3 Å². The summed E-state index contributed by atoms with van der Waals surface area (Å²) in [5.41, 5.74) is 2.03. The Morgan fingerprint density at radius 3 is 2.87 bits per heavy atom. The second-order valence-electron chi connectivity index (χ2n) is 5.31. The van der Waals surface area contributed by atoms with E-state index in [1.54, 1.807) is 17.5 Å². The molecule has 0 aliphatic carbocycles. The Kier molecular flexibility index (Phi) is 4.00. The number of fused-ring (bicyclic) bond motifs is 1. The van der Waals surface area contributed by atoms with Gasteiger partial charge >= 0.3 is 0 Å². The van der Waals surface area contributed by atoms with Gasteiger partial charge in [-0.25, -0.2) is 4.98 Å².